The van der Waals surface area contributed by atoms with Crippen LogP contribution in [0.4, 0.5) is 4.79 Å². The van der Waals surface area contributed by atoms with Gasteiger partial charge in [-0.1, -0.05) is 6.58 Å². The van der Waals surface area contributed by atoms with Crippen LogP contribution < -0.4 is 0 Å². The number of amides is 1. The van der Waals surface area contributed by atoms with E-state index in [2.05, 4.69) is 6.58 Å². The number of ether oxygens (including phenoxy) is 1. The molecule has 1 saturated heterocycles. The Labute approximate surface area is 106 Å². The molecule has 96 valence electrons. The Morgan fingerprint density at radius 2 is 2.12 bits per heavy atom. The predicted octanol–water partition coefficient (Wildman–Crippen LogP) is 2.44. The molecule has 1 fully saturated rings. The molecule has 0 radical (unpaired) electrons. The van der Waals surface area contributed by atoms with Crippen molar-refractivity contribution >= 4 is 23.6 Å². The van der Waals surface area contributed by atoms with Gasteiger partial charge in [-0.2, -0.15) is 0 Å². The fourth-order valence-electron chi connectivity index (χ4n) is 1.62. The largest absolute Gasteiger partial charge is 0.443 e. The van der Waals surface area contributed by atoms with E-state index in [9.17, 15) is 9.59 Å². The van der Waals surface area contributed by atoms with Crippen LogP contribution in [-0.4, -0.2) is 40.4 Å². The third kappa shape index (κ3) is 3.49. The standard InChI is InChI=1S/C12H19NO3S/c1-8-10(17-5)9(14)6-7-13(8)11(15)16-12(2,3)4/h10H,1,6-7H2,2-5H3. The highest BCUT2D eigenvalue weighted by Gasteiger charge is 2.35. The van der Waals surface area contributed by atoms with E-state index >= 15 is 0 Å². The quantitative estimate of drug-likeness (QED) is 0.724. The summed E-state index contributed by atoms with van der Waals surface area (Å²) in [6, 6.07) is 0. The van der Waals surface area contributed by atoms with Gasteiger partial charge in [0.2, 0.25) is 0 Å². The minimum absolute atomic E-state index is 0.127. The Hall–Kier alpha value is -0.970. The minimum atomic E-state index is -0.534. The molecular weight excluding hydrogens is 238 g/mol. The van der Waals surface area contributed by atoms with Gasteiger partial charge in [-0.3, -0.25) is 9.69 Å². The van der Waals surface area contributed by atoms with Gasteiger partial charge in [-0.25, -0.2) is 4.79 Å². The predicted molar refractivity (Wildman–Crippen MR) is 69.0 cm³/mol. The Kier molecular flexibility index (Phi) is 4.25. The van der Waals surface area contributed by atoms with Gasteiger partial charge in [0.15, 0.2) is 5.78 Å². The molecule has 0 aromatic heterocycles. The van der Waals surface area contributed by atoms with E-state index in [1.807, 2.05) is 27.0 Å². The number of ketones is 1. The molecule has 0 aromatic rings. The van der Waals surface area contributed by atoms with Crippen LogP contribution in [0.5, 0.6) is 0 Å². The lowest BCUT2D eigenvalue weighted by molar-refractivity contribution is -0.119. The van der Waals surface area contributed by atoms with Crippen molar-refractivity contribution in [2.75, 3.05) is 12.8 Å². The van der Waals surface area contributed by atoms with E-state index in [4.69, 9.17) is 4.74 Å². The van der Waals surface area contributed by atoms with Crippen molar-refractivity contribution in [1.29, 1.82) is 0 Å². The maximum atomic E-state index is 11.9. The summed E-state index contributed by atoms with van der Waals surface area (Å²) >= 11 is 1.40. The van der Waals surface area contributed by atoms with E-state index in [-0.39, 0.29) is 11.0 Å². The summed E-state index contributed by atoms with van der Waals surface area (Å²) < 4.78 is 5.28. The fraction of sp³-hybridized carbons (Fsp3) is 0.667. The second-order valence-corrected chi connectivity index (χ2v) is 5.90. The number of thioether (sulfide) groups is 1. The molecule has 17 heavy (non-hydrogen) atoms. The number of rotatable bonds is 1. The number of nitrogens with zero attached hydrogens (tertiary/aromatic N) is 1. The van der Waals surface area contributed by atoms with Gasteiger partial charge in [-0.15, -0.1) is 11.8 Å². The maximum Gasteiger partial charge on any atom is 0.414 e. The molecule has 1 amide bonds. The summed E-state index contributed by atoms with van der Waals surface area (Å²) in [7, 11) is 0. The molecule has 0 aromatic carbocycles. The Balaban J connectivity index is 2.76. The van der Waals surface area contributed by atoms with E-state index in [1.165, 1.54) is 16.7 Å². The first-order valence-corrected chi connectivity index (χ1v) is 6.80. The van der Waals surface area contributed by atoms with E-state index < -0.39 is 11.7 Å². The van der Waals surface area contributed by atoms with Crippen molar-refractivity contribution in [3.8, 4) is 0 Å². The second-order valence-electron chi connectivity index (χ2n) is 4.96. The van der Waals surface area contributed by atoms with Gasteiger partial charge in [-0.05, 0) is 27.0 Å². The van der Waals surface area contributed by atoms with Gasteiger partial charge in [0, 0.05) is 18.7 Å². The maximum absolute atomic E-state index is 11.9. The lowest BCUT2D eigenvalue weighted by Crippen LogP contribution is -2.45. The summed E-state index contributed by atoms with van der Waals surface area (Å²) in [6.45, 7) is 9.64. The van der Waals surface area contributed by atoms with E-state index in [0.29, 0.717) is 18.7 Å². The lowest BCUT2D eigenvalue weighted by atomic mass is 10.1. The van der Waals surface area contributed by atoms with Crippen molar-refractivity contribution in [3.63, 3.8) is 0 Å². The summed E-state index contributed by atoms with van der Waals surface area (Å²) in [5.41, 5.74) is -0.00350. The Morgan fingerprint density at radius 3 is 2.59 bits per heavy atom. The van der Waals surface area contributed by atoms with E-state index in [1.54, 1.807) is 0 Å². The molecule has 1 aliphatic heterocycles. The number of likely N-dealkylation sites (tertiary alicyclic amines) is 1. The second kappa shape index (κ2) is 5.12. The lowest BCUT2D eigenvalue weighted by Gasteiger charge is -2.34. The molecule has 0 aliphatic carbocycles. The highest BCUT2D eigenvalue weighted by molar-refractivity contribution is 8.00. The molecule has 1 aliphatic rings. The van der Waals surface area contributed by atoms with Crippen LogP contribution in [0.3, 0.4) is 0 Å². The van der Waals surface area contributed by atoms with Crippen molar-refractivity contribution in [3.05, 3.63) is 12.3 Å². The molecule has 4 nitrogen and oxygen atoms in total. The van der Waals surface area contributed by atoms with Gasteiger partial charge < -0.3 is 4.74 Å². The van der Waals surface area contributed by atoms with Gasteiger partial charge in [0.25, 0.3) is 0 Å². The first kappa shape index (κ1) is 14.1. The molecule has 0 N–H and O–H groups in total. The van der Waals surface area contributed by atoms with Crippen molar-refractivity contribution < 1.29 is 14.3 Å². The molecule has 1 heterocycles. The smallest absolute Gasteiger partial charge is 0.414 e. The number of piperidine rings is 1. The van der Waals surface area contributed by atoms with Gasteiger partial charge in [0.1, 0.15) is 10.9 Å². The number of hydrogen-bond acceptors (Lipinski definition) is 4. The monoisotopic (exact) mass is 257 g/mol. The zero-order valence-corrected chi connectivity index (χ0v) is 11.6. The van der Waals surface area contributed by atoms with Crippen LogP contribution in [0.15, 0.2) is 12.3 Å². The zero-order valence-electron chi connectivity index (χ0n) is 10.8. The summed E-state index contributed by atoms with van der Waals surface area (Å²) in [5, 5.41) is -0.323. The number of Topliss-reactive ketones (excluding diaryl/α,β-unsaturated/α-hetero) is 1. The molecular formula is C12H19NO3S. The van der Waals surface area contributed by atoms with Crippen LogP contribution in [0.25, 0.3) is 0 Å². The van der Waals surface area contributed by atoms with Gasteiger partial charge >= 0.3 is 6.09 Å². The summed E-state index contributed by atoms with van der Waals surface area (Å²) in [4.78, 5) is 25.0. The highest BCUT2D eigenvalue weighted by atomic mass is 32.2. The summed E-state index contributed by atoms with van der Waals surface area (Å²) in [5.74, 6) is 0.127. The van der Waals surface area contributed by atoms with Crippen LogP contribution in [0.1, 0.15) is 27.2 Å². The van der Waals surface area contributed by atoms with Gasteiger partial charge in [0.05, 0.1) is 0 Å². The Bertz CT molecular complexity index is 346. The third-order valence-corrected chi connectivity index (χ3v) is 3.38. The van der Waals surface area contributed by atoms with Crippen molar-refractivity contribution in [2.24, 2.45) is 0 Å². The molecule has 5 heteroatoms. The van der Waals surface area contributed by atoms with Crippen molar-refractivity contribution in [2.45, 2.75) is 38.0 Å². The average Bonchev–Trinajstić information content (AvgIpc) is 2.15. The fourth-order valence-corrected chi connectivity index (χ4v) is 2.40. The minimum Gasteiger partial charge on any atom is -0.443 e. The van der Waals surface area contributed by atoms with E-state index in [0.717, 1.165) is 0 Å². The summed E-state index contributed by atoms with van der Waals surface area (Å²) in [6.07, 6.45) is 1.78. The third-order valence-electron chi connectivity index (χ3n) is 2.37. The van der Waals surface area contributed by atoms with Crippen LogP contribution >= 0.6 is 11.8 Å². The van der Waals surface area contributed by atoms with Crippen LogP contribution in [-0.2, 0) is 9.53 Å². The molecule has 1 atom stereocenters. The molecule has 0 spiro atoms. The Morgan fingerprint density at radius 1 is 1.53 bits per heavy atom. The number of carbonyl (C=O) groups excluding carboxylic acids is 2. The molecule has 0 bridgehead atoms. The zero-order chi connectivity index (χ0) is 13.2. The topological polar surface area (TPSA) is 46.6 Å². The van der Waals surface area contributed by atoms with Crippen LogP contribution in [0, 0.1) is 0 Å². The SMILES string of the molecule is C=C1C(SC)C(=O)CCN1C(=O)OC(C)(C)C. The first-order chi connectivity index (χ1) is 7.76. The normalized spacial score (nSPS) is 21.6. The highest BCUT2D eigenvalue weighted by Crippen LogP contribution is 2.27. The van der Waals surface area contributed by atoms with Crippen molar-refractivity contribution in [1.82, 2.24) is 4.90 Å². The molecule has 0 saturated carbocycles. The molecule has 1 unspecified atom stereocenters. The number of carbonyl (C=O) groups is 2. The first-order valence-electron chi connectivity index (χ1n) is 5.51. The average molecular weight is 257 g/mol. The number of hydrogen-bond donors (Lipinski definition) is 0. The van der Waals surface area contributed by atoms with Crippen LogP contribution in [0.2, 0.25) is 0 Å². The molecule has 1 rings (SSSR count).